The van der Waals surface area contributed by atoms with Crippen molar-refractivity contribution in [2.75, 3.05) is 24.4 Å². The van der Waals surface area contributed by atoms with E-state index in [4.69, 9.17) is 9.47 Å². The first-order valence-electron chi connectivity index (χ1n) is 10.3. The Morgan fingerprint density at radius 3 is 2.19 bits per heavy atom. The zero-order chi connectivity index (χ0) is 27.1. The first kappa shape index (κ1) is 26.9. The second kappa shape index (κ2) is 9.93. The average Bonchev–Trinajstić information content (AvgIpc) is 3.39. The second-order valence-corrected chi connectivity index (χ2v) is 10.0. The van der Waals surface area contributed by atoms with Crippen LogP contribution in [0.25, 0.3) is 0 Å². The number of benzene rings is 2. The molecule has 2 aromatic carbocycles. The lowest BCUT2D eigenvalue weighted by Crippen LogP contribution is -2.46. The van der Waals surface area contributed by atoms with Gasteiger partial charge in [-0.3, -0.25) is 9.69 Å². The summed E-state index contributed by atoms with van der Waals surface area (Å²) in [7, 11) is 5.42. The molecular formula is C22H17F6N3O4S2. The number of hydrogen-bond donors (Lipinski definition) is 2. The van der Waals surface area contributed by atoms with E-state index in [-0.39, 0.29) is 6.07 Å². The van der Waals surface area contributed by atoms with Crippen molar-refractivity contribution in [3.8, 4) is 11.5 Å². The maximum atomic E-state index is 13.3. The third-order valence-electron chi connectivity index (χ3n) is 5.43. The maximum Gasteiger partial charge on any atom is 0.416 e. The van der Waals surface area contributed by atoms with Gasteiger partial charge in [-0.25, -0.2) is 4.79 Å². The summed E-state index contributed by atoms with van der Waals surface area (Å²) in [5, 5.41) is 5.51. The Labute approximate surface area is 213 Å². The number of anilines is 2. The number of alkyl halides is 6. The Morgan fingerprint density at radius 1 is 0.973 bits per heavy atom. The number of ether oxygens (including phenoxy) is 2. The topological polar surface area (TPSA) is 79.9 Å². The summed E-state index contributed by atoms with van der Waals surface area (Å²) in [4.78, 5) is 27.3. The Kier molecular flexibility index (Phi) is 7.21. The molecule has 2 aliphatic rings. The molecule has 2 aliphatic heterocycles. The van der Waals surface area contributed by atoms with Gasteiger partial charge >= 0.3 is 18.4 Å². The first-order chi connectivity index (χ1) is 17.3. The van der Waals surface area contributed by atoms with Crippen LogP contribution in [-0.4, -0.2) is 37.4 Å². The van der Waals surface area contributed by atoms with E-state index in [1.807, 2.05) is 5.32 Å². The number of urea groups is 1. The predicted octanol–water partition coefficient (Wildman–Crippen LogP) is 5.88. The summed E-state index contributed by atoms with van der Waals surface area (Å²) in [5.74, 6) is 0.215. The van der Waals surface area contributed by atoms with Gasteiger partial charge in [-0.05, 0) is 30.3 Å². The van der Waals surface area contributed by atoms with E-state index in [2.05, 4.69) is 5.32 Å². The number of rotatable bonds is 5. The fraction of sp³-hybridized carbons (Fsp3) is 0.273. The highest BCUT2D eigenvalue weighted by Gasteiger charge is 2.49. The van der Waals surface area contributed by atoms with Crippen LogP contribution in [0.1, 0.15) is 11.1 Å². The van der Waals surface area contributed by atoms with E-state index in [0.29, 0.717) is 35.0 Å². The third kappa shape index (κ3) is 5.42. The number of fused-ring (bicyclic) bond motifs is 1. The number of methoxy groups -OCH3 is 2. The quantitative estimate of drug-likeness (QED) is 0.348. The SMILES string of the molecule is COc1ccc(N2C(=O)C(NC(=O)Nc3cc(C(F)(F)F)cc(C(F)(F)F)c3)C3SSC=C32)c(OC)c1. The molecule has 4 rings (SSSR count). The van der Waals surface area contributed by atoms with Crippen molar-refractivity contribution in [2.24, 2.45) is 0 Å². The number of nitrogens with one attached hydrogen (secondary N) is 2. The van der Waals surface area contributed by atoms with Crippen molar-refractivity contribution in [3.05, 3.63) is 58.6 Å². The molecule has 198 valence electrons. The molecule has 1 saturated heterocycles. The van der Waals surface area contributed by atoms with Crippen molar-refractivity contribution in [2.45, 2.75) is 23.6 Å². The van der Waals surface area contributed by atoms with Crippen LogP contribution in [0.3, 0.4) is 0 Å². The highest BCUT2D eigenvalue weighted by atomic mass is 33.1. The molecule has 1 fully saturated rings. The average molecular weight is 566 g/mol. The second-order valence-electron chi connectivity index (χ2n) is 7.74. The summed E-state index contributed by atoms with van der Waals surface area (Å²) in [5.41, 5.74) is -3.00. The number of halogens is 6. The fourth-order valence-electron chi connectivity index (χ4n) is 3.76. The van der Waals surface area contributed by atoms with Crippen LogP contribution in [-0.2, 0) is 17.1 Å². The molecule has 0 spiro atoms. The third-order valence-corrected chi connectivity index (χ3v) is 7.84. The number of hydrogen-bond acceptors (Lipinski definition) is 6. The van der Waals surface area contributed by atoms with E-state index < -0.39 is 52.4 Å². The lowest BCUT2D eigenvalue weighted by Gasteiger charge is -2.21. The van der Waals surface area contributed by atoms with E-state index in [1.165, 1.54) is 40.7 Å². The fourth-order valence-corrected chi connectivity index (χ4v) is 6.39. The van der Waals surface area contributed by atoms with E-state index in [9.17, 15) is 35.9 Å². The largest absolute Gasteiger partial charge is 0.497 e. The van der Waals surface area contributed by atoms with Crippen LogP contribution in [0, 0.1) is 0 Å². The monoisotopic (exact) mass is 565 g/mol. The van der Waals surface area contributed by atoms with Gasteiger partial charge in [-0.1, -0.05) is 21.6 Å². The summed E-state index contributed by atoms with van der Waals surface area (Å²) >= 11 is 0. The van der Waals surface area contributed by atoms with Crippen LogP contribution in [0.5, 0.6) is 11.5 Å². The predicted molar refractivity (Wildman–Crippen MR) is 126 cm³/mol. The van der Waals surface area contributed by atoms with Crippen LogP contribution in [0.2, 0.25) is 0 Å². The molecule has 2 atom stereocenters. The van der Waals surface area contributed by atoms with Gasteiger partial charge in [0.05, 0.1) is 36.3 Å². The van der Waals surface area contributed by atoms with Gasteiger partial charge in [-0.2, -0.15) is 26.3 Å². The molecule has 2 aromatic rings. The molecular weight excluding hydrogens is 548 g/mol. The van der Waals surface area contributed by atoms with Crippen molar-refractivity contribution < 1.29 is 45.4 Å². The molecule has 0 aliphatic carbocycles. The molecule has 2 heterocycles. The van der Waals surface area contributed by atoms with Crippen LogP contribution >= 0.6 is 21.6 Å². The molecule has 0 aromatic heterocycles. The summed E-state index contributed by atoms with van der Waals surface area (Å²) < 4.78 is 89.4. The number of carbonyl (C=O) groups excluding carboxylic acids is 2. The molecule has 3 amide bonds. The Hall–Kier alpha value is -3.20. The minimum Gasteiger partial charge on any atom is -0.497 e. The Bertz CT molecular complexity index is 1240. The van der Waals surface area contributed by atoms with Crippen LogP contribution in [0.15, 0.2) is 47.5 Å². The van der Waals surface area contributed by atoms with Gasteiger partial charge < -0.3 is 20.1 Å². The molecule has 2 unspecified atom stereocenters. The summed E-state index contributed by atoms with van der Waals surface area (Å²) in [6, 6.07) is 3.16. The zero-order valence-electron chi connectivity index (χ0n) is 18.9. The van der Waals surface area contributed by atoms with Crippen molar-refractivity contribution in [3.63, 3.8) is 0 Å². The maximum absolute atomic E-state index is 13.3. The van der Waals surface area contributed by atoms with Gasteiger partial charge in [-0.15, -0.1) is 0 Å². The number of nitrogens with zero attached hydrogens (tertiary/aromatic N) is 1. The van der Waals surface area contributed by atoms with Crippen molar-refractivity contribution in [1.29, 1.82) is 0 Å². The molecule has 37 heavy (non-hydrogen) atoms. The smallest absolute Gasteiger partial charge is 0.416 e. The van der Waals surface area contributed by atoms with Crippen LogP contribution in [0.4, 0.5) is 42.5 Å². The van der Waals surface area contributed by atoms with Crippen LogP contribution < -0.4 is 25.0 Å². The minimum absolute atomic E-state index is 0.0485. The Balaban J connectivity index is 1.59. The molecule has 0 saturated carbocycles. The Morgan fingerprint density at radius 2 is 1.62 bits per heavy atom. The number of amides is 3. The standard InChI is InChI=1S/C22H17F6N3O4S2/c1-34-13-3-4-14(16(8-13)35-2)31-15-9-36-37-18(15)17(19(31)32)30-20(33)29-12-6-10(21(23,24)25)5-11(7-12)22(26,27)28/h3-9,17-18H,1-2H3,(H2,29,30,33). The molecule has 0 radical (unpaired) electrons. The molecule has 15 heteroatoms. The summed E-state index contributed by atoms with van der Waals surface area (Å²) in [6.45, 7) is 0. The molecule has 0 bridgehead atoms. The number of carbonyl (C=O) groups is 2. The lowest BCUT2D eigenvalue weighted by molar-refractivity contribution is -0.143. The molecule has 7 nitrogen and oxygen atoms in total. The highest BCUT2D eigenvalue weighted by Crippen LogP contribution is 2.50. The van der Waals surface area contributed by atoms with Gasteiger partial charge in [0.1, 0.15) is 17.5 Å². The first-order valence-corrected chi connectivity index (χ1v) is 12.6. The lowest BCUT2D eigenvalue weighted by atomic mass is 10.1. The van der Waals surface area contributed by atoms with Crippen molar-refractivity contribution >= 4 is 44.9 Å². The normalized spacial score (nSPS) is 19.4. The van der Waals surface area contributed by atoms with Gasteiger partial charge in [0.15, 0.2) is 0 Å². The van der Waals surface area contributed by atoms with Gasteiger partial charge in [0.25, 0.3) is 5.91 Å². The minimum atomic E-state index is -5.08. The van der Waals surface area contributed by atoms with Crippen molar-refractivity contribution in [1.82, 2.24) is 5.32 Å². The zero-order valence-corrected chi connectivity index (χ0v) is 20.5. The van der Waals surface area contributed by atoms with Gasteiger partial charge in [0, 0.05) is 22.9 Å². The van der Waals surface area contributed by atoms with E-state index >= 15 is 0 Å². The van der Waals surface area contributed by atoms with Gasteiger partial charge in [0.2, 0.25) is 0 Å². The highest BCUT2D eigenvalue weighted by molar-refractivity contribution is 8.78. The van der Waals surface area contributed by atoms with E-state index in [1.54, 1.807) is 23.6 Å². The van der Waals surface area contributed by atoms with E-state index in [0.717, 1.165) is 0 Å². The summed E-state index contributed by atoms with van der Waals surface area (Å²) in [6.07, 6.45) is -10.2. The molecule has 2 N–H and O–H groups in total.